The van der Waals surface area contributed by atoms with Crippen LogP contribution in [0.1, 0.15) is 38.3 Å². The van der Waals surface area contributed by atoms with Crippen molar-refractivity contribution in [2.24, 2.45) is 0 Å². The molecule has 8 heteroatoms. The number of benzene rings is 2. The van der Waals surface area contributed by atoms with Crippen molar-refractivity contribution >= 4 is 27.5 Å². The van der Waals surface area contributed by atoms with Crippen LogP contribution in [0.2, 0.25) is 0 Å². The lowest BCUT2D eigenvalue weighted by Gasteiger charge is -2.22. The minimum atomic E-state index is -3.84. The molecule has 0 saturated heterocycles. The van der Waals surface area contributed by atoms with Gasteiger partial charge in [-0.3, -0.25) is 9.59 Å². The summed E-state index contributed by atoms with van der Waals surface area (Å²) in [5, 5.41) is 2.95. The Hall–Kier alpha value is -2.71. The zero-order chi connectivity index (χ0) is 23.5. The molecule has 1 N–H and O–H groups in total. The second kappa shape index (κ2) is 9.83. The lowest BCUT2D eigenvalue weighted by molar-refractivity contribution is -0.122. The maximum atomic E-state index is 13.1. The second-order valence-electron chi connectivity index (χ2n) is 8.36. The van der Waals surface area contributed by atoms with Gasteiger partial charge >= 0.3 is 0 Å². The highest BCUT2D eigenvalue weighted by Crippen LogP contribution is 2.34. The van der Waals surface area contributed by atoms with Crippen LogP contribution in [0.3, 0.4) is 0 Å². The Balaban J connectivity index is 1.68. The number of carbonyl (C=O) groups excluding carboxylic acids is 2. The first-order valence-corrected chi connectivity index (χ1v) is 12.3. The molecule has 2 atom stereocenters. The third-order valence-corrected chi connectivity index (χ3v) is 7.66. The number of fused-ring (bicyclic) bond motifs is 1. The van der Waals surface area contributed by atoms with E-state index in [2.05, 4.69) is 5.32 Å². The number of sulfonamides is 1. The van der Waals surface area contributed by atoms with Crippen molar-refractivity contribution in [3.63, 3.8) is 0 Å². The van der Waals surface area contributed by atoms with E-state index in [1.165, 1.54) is 20.0 Å². The van der Waals surface area contributed by atoms with Crippen molar-refractivity contribution in [2.75, 3.05) is 18.5 Å². The van der Waals surface area contributed by atoms with Crippen LogP contribution >= 0.6 is 0 Å². The number of nitrogens with one attached hydrogen (secondary N) is 1. The number of hydrogen-bond acceptors (Lipinski definition) is 4. The van der Waals surface area contributed by atoms with E-state index in [-0.39, 0.29) is 35.3 Å². The van der Waals surface area contributed by atoms with E-state index in [0.717, 1.165) is 27.5 Å². The van der Waals surface area contributed by atoms with Gasteiger partial charge in [-0.25, -0.2) is 8.42 Å². The average molecular weight is 458 g/mol. The predicted octanol–water partition coefficient (Wildman–Crippen LogP) is 2.74. The summed E-state index contributed by atoms with van der Waals surface area (Å²) in [4.78, 5) is 26.3. The quantitative estimate of drug-likeness (QED) is 0.660. The number of rotatable bonds is 8. The molecule has 172 valence electrons. The summed E-state index contributed by atoms with van der Waals surface area (Å²) in [5.74, 6) is -0.405. The Morgan fingerprint density at radius 1 is 1.19 bits per heavy atom. The van der Waals surface area contributed by atoms with E-state index in [1.807, 2.05) is 44.2 Å². The van der Waals surface area contributed by atoms with Gasteiger partial charge in [-0.05, 0) is 55.5 Å². The van der Waals surface area contributed by atoms with Crippen LogP contribution in [-0.2, 0) is 32.5 Å². The molecular weight excluding hydrogens is 426 g/mol. The summed E-state index contributed by atoms with van der Waals surface area (Å²) in [6.45, 7) is 5.17. The molecule has 2 aromatic rings. The number of nitrogens with zero attached hydrogens (tertiary/aromatic N) is 2. The number of amides is 2. The Morgan fingerprint density at radius 3 is 2.50 bits per heavy atom. The molecule has 1 aliphatic rings. The zero-order valence-corrected chi connectivity index (χ0v) is 19.9. The van der Waals surface area contributed by atoms with Crippen LogP contribution in [0.15, 0.2) is 53.4 Å². The summed E-state index contributed by atoms with van der Waals surface area (Å²) in [6, 6.07) is 14.6. The van der Waals surface area contributed by atoms with E-state index in [9.17, 15) is 18.0 Å². The van der Waals surface area contributed by atoms with Crippen LogP contribution in [0, 0.1) is 0 Å². The van der Waals surface area contributed by atoms with Crippen molar-refractivity contribution in [3.8, 4) is 0 Å². The summed E-state index contributed by atoms with van der Waals surface area (Å²) in [7, 11) is -2.44. The minimum Gasteiger partial charge on any atom is -0.352 e. The summed E-state index contributed by atoms with van der Waals surface area (Å²) < 4.78 is 27.2. The molecular formula is C24H31N3O4S. The van der Waals surface area contributed by atoms with Gasteiger partial charge in [0.25, 0.3) is 0 Å². The minimum absolute atomic E-state index is 0.0143. The third-order valence-electron chi connectivity index (χ3n) is 5.86. The first-order chi connectivity index (χ1) is 15.1. The summed E-state index contributed by atoms with van der Waals surface area (Å²) in [6.07, 6.45) is 2.03. The Labute approximate surface area is 190 Å². The van der Waals surface area contributed by atoms with Gasteiger partial charge in [0.1, 0.15) is 0 Å². The molecule has 1 aliphatic heterocycles. The van der Waals surface area contributed by atoms with Crippen molar-refractivity contribution in [2.45, 2.75) is 57.0 Å². The van der Waals surface area contributed by atoms with Crippen LogP contribution < -0.4 is 10.2 Å². The topological polar surface area (TPSA) is 86.8 Å². The van der Waals surface area contributed by atoms with Crippen LogP contribution in [0.25, 0.3) is 0 Å². The fourth-order valence-corrected chi connectivity index (χ4v) is 5.36. The Morgan fingerprint density at radius 2 is 1.88 bits per heavy atom. The molecule has 0 saturated carbocycles. The molecule has 0 bridgehead atoms. The largest absolute Gasteiger partial charge is 0.352 e. The van der Waals surface area contributed by atoms with Gasteiger partial charge in [-0.2, -0.15) is 4.31 Å². The van der Waals surface area contributed by atoms with Gasteiger partial charge in [0.05, 0.1) is 11.4 Å². The van der Waals surface area contributed by atoms with Gasteiger partial charge in [-0.1, -0.05) is 37.3 Å². The number of likely N-dealkylation sites (N-methyl/N-ethyl adjacent to an activating group) is 1. The molecule has 0 aliphatic carbocycles. The van der Waals surface area contributed by atoms with Gasteiger partial charge in [0.15, 0.2) is 0 Å². The third kappa shape index (κ3) is 5.19. The lowest BCUT2D eigenvalue weighted by Crippen LogP contribution is -2.43. The van der Waals surface area contributed by atoms with Crippen molar-refractivity contribution in [1.29, 1.82) is 0 Å². The Bertz CT molecular complexity index is 1090. The normalized spacial score (nSPS) is 16.7. The van der Waals surface area contributed by atoms with Crippen LogP contribution in [0.5, 0.6) is 0 Å². The molecule has 1 heterocycles. The molecule has 0 spiro atoms. The lowest BCUT2D eigenvalue weighted by atomic mass is 10.0. The first kappa shape index (κ1) is 23.9. The zero-order valence-electron chi connectivity index (χ0n) is 19.0. The molecule has 7 nitrogen and oxygen atoms in total. The fraction of sp³-hybridized carbons (Fsp3) is 0.417. The van der Waals surface area contributed by atoms with E-state index < -0.39 is 10.0 Å². The van der Waals surface area contributed by atoms with Gasteiger partial charge in [0.2, 0.25) is 21.8 Å². The molecule has 3 rings (SSSR count). The maximum absolute atomic E-state index is 13.1. The number of anilines is 1. The monoisotopic (exact) mass is 457 g/mol. The van der Waals surface area contributed by atoms with Gasteiger partial charge < -0.3 is 10.2 Å². The van der Waals surface area contributed by atoms with Crippen molar-refractivity contribution < 1.29 is 18.0 Å². The second-order valence-corrected chi connectivity index (χ2v) is 10.4. The highest BCUT2D eigenvalue weighted by molar-refractivity contribution is 7.89. The highest BCUT2D eigenvalue weighted by atomic mass is 32.2. The molecule has 0 fully saturated rings. The summed E-state index contributed by atoms with van der Waals surface area (Å²) in [5.41, 5.74) is 2.68. The molecule has 0 radical (unpaired) electrons. The Kier molecular flexibility index (Phi) is 7.36. The molecule has 2 unspecified atom stereocenters. The van der Waals surface area contributed by atoms with Gasteiger partial charge in [-0.15, -0.1) is 0 Å². The average Bonchev–Trinajstić information content (AvgIpc) is 3.08. The molecule has 0 aromatic heterocycles. The van der Waals surface area contributed by atoms with E-state index in [4.69, 9.17) is 0 Å². The van der Waals surface area contributed by atoms with Crippen molar-refractivity contribution in [1.82, 2.24) is 9.62 Å². The smallest absolute Gasteiger partial charge is 0.243 e. The SMILES string of the molecule is CCC(Cc1ccccc1)NC(=O)CN(C)S(=O)(=O)c1ccc2c(c1)CC(C)N2C(C)=O. The highest BCUT2D eigenvalue weighted by Gasteiger charge is 2.31. The molecule has 32 heavy (non-hydrogen) atoms. The maximum Gasteiger partial charge on any atom is 0.243 e. The number of carbonyl (C=O) groups is 2. The van der Waals surface area contributed by atoms with E-state index >= 15 is 0 Å². The molecule has 2 amide bonds. The van der Waals surface area contributed by atoms with E-state index in [0.29, 0.717) is 12.8 Å². The first-order valence-electron chi connectivity index (χ1n) is 10.9. The summed E-state index contributed by atoms with van der Waals surface area (Å²) >= 11 is 0. The van der Waals surface area contributed by atoms with Crippen LogP contribution in [0.4, 0.5) is 5.69 Å². The standard InChI is InChI=1S/C24H31N3O4S/c1-5-21(14-19-9-7-6-8-10-19)25-24(29)16-26(4)32(30,31)22-11-12-23-20(15-22)13-17(2)27(23)18(3)28/h6-12,15,17,21H,5,13-14,16H2,1-4H3,(H,25,29). The van der Waals surface area contributed by atoms with Crippen molar-refractivity contribution in [3.05, 3.63) is 59.7 Å². The fourth-order valence-electron chi connectivity index (χ4n) is 4.18. The van der Waals surface area contributed by atoms with E-state index in [1.54, 1.807) is 17.0 Å². The predicted molar refractivity (Wildman–Crippen MR) is 125 cm³/mol. The van der Waals surface area contributed by atoms with Gasteiger partial charge in [0, 0.05) is 31.7 Å². The number of hydrogen-bond donors (Lipinski definition) is 1. The van der Waals surface area contributed by atoms with Crippen LogP contribution in [-0.4, -0.2) is 50.2 Å². The molecule has 2 aromatic carbocycles.